The highest BCUT2D eigenvalue weighted by molar-refractivity contribution is 5.92. The van der Waals surface area contributed by atoms with Gasteiger partial charge in [0.15, 0.2) is 5.92 Å². The molecule has 1 aliphatic rings. The number of piperidine rings is 1. The molecule has 1 rings (SSSR count). The maximum Gasteiger partial charge on any atom is 0.317 e. The van der Waals surface area contributed by atoms with Crippen molar-refractivity contribution in [1.29, 1.82) is 0 Å². The van der Waals surface area contributed by atoms with Crippen LogP contribution >= 0.6 is 0 Å². The molecule has 0 spiro atoms. The summed E-state index contributed by atoms with van der Waals surface area (Å²) < 4.78 is 0. The Balaban J connectivity index is 2.45. The molecule has 0 aliphatic carbocycles. The fourth-order valence-electron chi connectivity index (χ4n) is 1.76. The number of aliphatic carboxylic acids is 2. The zero-order valence-corrected chi connectivity index (χ0v) is 7.90. The summed E-state index contributed by atoms with van der Waals surface area (Å²) in [4.78, 5) is 21.2. The van der Waals surface area contributed by atoms with Gasteiger partial charge in [-0.2, -0.15) is 0 Å². The maximum absolute atomic E-state index is 10.6. The van der Waals surface area contributed by atoms with E-state index in [-0.39, 0.29) is 12.3 Å². The highest BCUT2D eigenvalue weighted by Crippen LogP contribution is 2.21. The summed E-state index contributed by atoms with van der Waals surface area (Å²) in [5.41, 5.74) is 0. The summed E-state index contributed by atoms with van der Waals surface area (Å²) in [7, 11) is 0. The highest BCUT2D eigenvalue weighted by Gasteiger charge is 2.29. The van der Waals surface area contributed by atoms with E-state index in [1.807, 2.05) is 0 Å². The summed E-state index contributed by atoms with van der Waals surface area (Å²) >= 11 is 0. The van der Waals surface area contributed by atoms with E-state index < -0.39 is 17.9 Å². The molecule has 0 unspecified atom stereocenters. The number of carbonyl (C=O) groups is 2. The number of rotatable bonds is 4. The van der Waals surface area contributed by atoms with Gasteiger partial charge in [0.1, 0.15) is 0 Å². The lowest BCUT2D eigenvalue weighted by Crippen LogP contribution is -2.32. The Kier molecular flexibility index (Phi) is 3.88. The molecule has 0 radical (unpaired) electrons. The molecule has 80 valence electrons. The van der Waals surface area contributed by atoms with Crippen molar-refractivity contribution in [2.24, 2.45) is 11.8 Å². The first-order chi connectivity index (χ1) is 6.61. The molecule has 1 heterocycles. The maximum atomic E-state index is 10.6. The lowest BCUT2D eigenvalue weighted by atomic mass is 9.88. The predicted octanol–water partition coefficient (Wildman–Crippen LogP) is 0.161. The molecule has 1 fully saturated rings. The van der Waals surface area contributed by atoms with Crippen LogP contribution in [-0.4, -0.2) is 35.2 Å². The molecular formula is C9H15NO4. The number of nitrogens with one attached hydrogen (secondary N) is 1. The van der Waals surface area contributed by atoms with Crippen LogP contribution in [0.2, 0.25) is 0 Å². The van der Waals surface area contributed by atoms with E-state index >= 15 is 0 Å². The molecule has 5 nitrogen and oxygen atoms in total. The Hall–Kier alpha value is -1.10. The van der Waals surface area contributed by atoms with Crippen molar-refractivity contribution in [3.05, 3.63) is 0 Å². The summed E-state index contributed by atoms with van der Waals surface area (Å²) in [5.74, 6) is -3.46. The Labute approximate surface area is 82.1 Å². The molecule has 1 saturated heterocycles. The van der Waals surface area contributed by atoms with E-state index in [0.717, 1.165) is 25.9 Å². The zero-order valence-electron chi connectivity index (χ0n) is 7.90. The second-order valence-corrected chi connectivity index (χ2v) is 3.66. The first-order valence-corrected chi connectivity index (χ1v) is 4.77. The molecule has 3 N–H and O–H groups in total. The van der Waals surface area contributed by atoms with Crippen molar-refractivity contribution < 1.29 is 19.8 Å². The second-order valence-electron chi connectivity index (χ2n) is 3.66. The quantitative estimate of drug-likeness (QED) is 0.564. The minimum atomic E-state index is -1.24. The SMILES string of the molecule is O=C(O)C(CC1CCNCC1)C(=O)O. The topological polar surface area (TPSA) is 86.6 Å². The summed E-state index contributed by atoms with van der Waals surface area (Å²) in [5, 5.41) is 20.5. The van der Waals surface area contributed by atoms with Gasteiger partial charge in [0.25, 0.3) is 0 Å². The van der Waals surface area contributed by atoms with Gasteiger partial charge in [0.2, 0.25) is 0 Å². The molecule has 0 bridgehead atoms. The largest absolute Gasteiger partial charge is 0.481 e. The molecule has 0 aromatic heterocycles. The molecule has 0 aromatic rings. The number of carboxylic acids is 2. The number of hydrogen-bond acceptors (Lipinski definition) is 3. The first-order valence-electron chi connectivity index (χ1n) is 4.77. The van der Waals surface area contributed by atoms with Gasteiger partial charge in [-0.15, -0.1) is 0 Å². The molecule has 14 heavy (non-hydrogen) atoms. The van der Waals surface area contributed by atoms with Gasteiger partial charge in [-0.3, -0.25) is 9.59 Å². The van der Waals surface area contributed by atoms with Gasteiger partial charge in [-0.25, -0.2) is 0 Å². The van der Waals surface area contributed by atoms with Crippen LogP contribution < -0.4 is 5.32 Å². The van der Waals surface area contributed by atoms with Crippen molar-refractivity contribution in [2.45, 2.75) is 19.3 Å². The van der Waals surface area contributed by atoms with Gasteiger partial charge < -0.3 is 15.5 Å². The predicted molar refractivity (Wildman–Crippen MR) is 49.0 cm³/mol. The van der Waals surface area contributed by atoms with Crippen molar-refractivity contribution in [3.8, 4) is 0 Å². The molecule has 0 amide bonds. The van der Waals surface area contributed by atoms with Crippen LogP contribution in [0.15, 0.2) is 0 Å². The average Bonchev–Trinajstić information content (AvgIpc) is 2.15. The minimum absolute atomic E-state index is 0.230. The molecule has 0 saturated carbocycles. The number of hydrogen-bond donors (Lipinski definition) is 3. The van der Waals surface area contributed by atoms with E-state index in [1.165, 1.54) is 0 Å². The Morgan fingerprint density at radius 2 is 1.71 bits per heavy atom. The Morgan fingerprint density at radius 3 is 2.14 bits per heavy atom. The van der Waals surface area contributed by atoms with E-state index in [4.69, 9.17) is 10.2 Å². The molecular weight excluding hydrogens is 186 g/mol. The van der Waals surface area contributed by atoms with E-state index in [1.54, 1.807) is 0 Å². The number of carboxylic acid groups (broad SMARTS) is 2. The van der Waals surface area contributed by atoms with Crippen molar-refractivity contribution in [3.63, 3.8) is 0 Å². The van der Waals surface area contributed by atoms with E-state index in [0.29, 0.717) is 0 Å². The van der Waals surface area contributed by atoms with Crippen LogP contribution in [0.4, 0.5) is 0 Å². The van der Waals surface area contributed by atoms with Crippen LogP contribution in [-0.2, 0) is 9.59 Å². The van der Waals surface area contributed by atoms with Crippen molar-refractivity contribution in [2.75, 3.05) is 13.1 Å². The first kappa shape index (κ1) is 11.0. The van der Waals surface area contributed by atoms with Crippen LogP contribution in [0.5, 0.6) is 0 Å². The minimum Gasteiger partial charge on any atom is -0.481 e. The summed E-state index contributed by atoms with van der Waals surface area (Å²) in [6, 6.07) is 0. The van der Waals surface area contributed by atoms with Crippen LogP contribution in [0.25, 0.3) is 0 Å². The normalized spacial score (nSPS) is 18.4. The van der Waals surface area contributed by atoms with Crippen molar-refractivity contribution in [1.82, 2.24) is 5.32 Å². The third kappa shape index (κ3) is 2.99. The van der Waals surface area contributed by atoms with Gasteiger partial charge in [-0.1, -0.05) is 0 Å². The second kappa shape index (κ2) is 4.95. The third-order valence-electron chi connectivity index (χ3n) is 2.62. The van der Waals surface area contributed by atoms with E-state index in [9.17, 15) is 9.59 Å². The van der Waals surface area contributed by atoms with Gasteiger partial charge in [-0.05, 0) is 38.3 Å². The zero-order chi connectivity index (χ0) is 10.6. The smallest absolute Gasteiger partial charge is 0.317 e. The molecule has 0 atom stereocenters. The van der Waals surface area contributed by atoms with E-state index in [2.05, 4.69) is 5.32 Å². The standard InChI is InChI=1S/C9H15NO4/c11-8(12)7(9(13)14)5-6-1-3-10-4-2-6/h6-7,10H,1-5H2,(H,11,12)(H,13,14). The fraction of sp³-hybridized carbons (Fsp3) is 0.778. The summed E-state index contributed by atoms with van der Waals surface area (Å²) in [6.07, 6.45) is 2.00. The van der Waals surface area contributed by atoms with Gasteiger partial charge in [0.05, 0.1) is 0 Å². The molecule has 1 aliphatic heterocycles. The third-order valence-corrected chi connectivity index (χ3v) is 2.62. The van der Waals surface area contributed by atoms with Crippen LogP contribution in [0.3, 0.4) is 0 Å². The lowest BCUT2D eigenvalue weighted by Gasteiger charge is -2.23. The Morgan fingerprint density at radius 1 is 1.21 bits per heavy atom. The average molecular weight is 201 g/mol. The van der Waals surface area contributed by atoms with Crippen LogP contribution in [0, 0.1) is 11.8 Å². The lowest BCUT2D eigenvalue weighted by molar-refractivity contribution is -0.155. The highest BCUT2D eigenvalue weighted by atomic mass is 16.4. The van der Waals surface area contributed by atoms with Gasteiger partial charge >= 0.3 is 11.9 Å². The molecule has 0 aromatic carbocycles. The van der Waals surface area contributed by atoms with Crippen molar-refractivity contribution >= 4 is 11.9 Å². The molecule has 5 heteroatoms. The fourth-order valence-corrected chi connectivity index (χ4v) is 1.76. The monoisotopic (exact) mass is 201 g/mol. The summed E-state index contributed by atoms with van der Waals surface area (Å²) in [6.45, 7) is 1.72. The Bertz CT molecular complexity index is 209. The van der Waals surface area contributed by atoms with Gasteiger partial charge in [0, 0.05) is 0 Å². The van der Waals surface area contributed by atoms with Crippen LogP contribution in [0.1, 0.15) is 19.3 Å².